The van der Waals surface area contributed by atoms with Crippen LogP contribution in [0.4, 0.5) is 0 Å². The van der Waals surface area contributed by atoms with E-state index in [2.05, 4.69) is 17.0 Å². The highest BCUT2D eigenvalue weighted by Gasteiger charge is 2.36. The van der Waals surface area contributed by atoms with E-state index in [1.807, 2.05) is 44.1 Å². The minimum atomic E-state index is -0.0403. The summed E-state index contributed by atoms with van der Waals surface area (Å²) in [5.41, 5.74) is 1.13. The van der Waals surface area contributed by atoms with E-state index in [4.69, 9.17) is 9.47 Å². The first-order chi connectivity index (χ1) is 11.1. The molecule has 1 heterocycles. The van der Waals surface area contributed by atoms with Gasteiger partial charge in [0.05, 0.1) is 31.8 Å². The molecule has 0 spiro atoms. The standard InChI is InChI=1S/C18H28N2O3/c1-4-22-12-10-17(21)20-11-13-23-16(14-19(2)3)18(20)15-8-6-5-7-9-15/h5-9,16,18H,4,10-14H2,1-3H3/t16-,18-/m0/s1. The van der Waals surface area contributed by atoms with Crippen molar-refractivity contribution in [3.63, 3.8) is 0 Å². The number of rotatable bonds is 7. The summed E-state index contributed by atoms with van der Waals surface area (Å²) in [5, 5.41) is 0. The van der Waals surface area contributed by atoms with E-state index in [-0.39, 0.29) is 18.1 Å². The van der Waals surface area contributed by atoms with Crippen molar-refractivity contribution in [3.05, 3.63) is 35.9 Å². The Morgan fingerprint density at radius 1 is 1.35 bits per heavy atom. The van der Waals surface area contributed by atoms with E-state index in [9.17, 15) is 4.79 Å². The maximum Gasteiger partial charge on any atom is 0.225 e. The third kappa shape index (κ3) is 5.03. The molecule has 0 aliphatic carbocycles. The molecule has 128 valence electrons. The summed E-state index contributed by atoms with van der Waals surface area (Å²) < 4.78 is 11.3. The van der Waals surface area contributed by atoms with E-state index >= 15 is 0 Å². The van der Waals surface area contributed by atoms with Crippen molar-refractivity contribution in [2.75, 3.05) is 47.0 Å². The van der Waals surface area contributed by atoms with Crippen molar-refractivity contribution in [2.45, 2.75) is 25.5 Å². The molecule has 0 N–H and O–H groups in total. The maximum absolute atomic E-state index is 12.7. The number of ether oxygens (including phenoxy) is 2. The molecule has 0 unspecified atom stereocenters. The predicted octanol–water partition coefficient (Wildman–Crippen LogP) is 1.94. The number of hydrogen-bond acceptors (Lipinski definition) is 4. The molecule has 23 heavy (non-hydrogen) atoms. The van der Waals surface area contributed by atoms with E-state index in [1.54, 1.807) is 0 Å². The number of amides is 1. The second-order valence-corrected chi connectivity index (χ2v) is 6.06. The second-order valence-electron chi connectivity index (χ2n) is 6.06. The Bertz CT molecular complexity index is 478. The summed E-state index contributed by atoms with van der Waals surface area (Å²) in [4.78, 5) is 16.7. The van der Waals surface area contributed by atoms with Crippen LogP contribution in [-0.2, 0) is 14.3 Å². The van der Waals surface area contributed by atoms with Crippen molar-refractivity contribution < 1.29 is 14.3 Å². The van der Waals surface area contributed by atoms with Crippen LogP contribution in [0.2, 0.25) is 0 Å². The SMILES string of the molecule is CCOCCC(=O)N1CCO[C@@H](CN(C)C)[C@@H]1c1ccccc1. The number of carbonyl (C=O) groups excluding carboxylic acids is 1. The summed E-state index contributed by atoms with van der Waals surface area (Å²) in [6.07, 6.45) is 0.406. The first-order valence-corrected chi connectivity index (χ1v) is 8.32. The van der Waals surface area contributed by atoms with Crippen molar-refractivity contribution in [1.29, 1.82) is 0 Å². The fourth-order valence-electron chi connectivity index (χ4n) is 3.02. The van der Waals surface area contributed by atoms with Crippen molar-refractivity contribution >= 4 is 5.91 Å². The number of likely N-dealkylation sites (N-methyl/N-ethyl adjacent to an activating group) is 1. The van der Waals surface area contributed by atoms with Crippen LogP contribution in [-0.4, -0.2) is 68.8 Å². The fraction of sp³-hybridized carbons (Fsp3) is 0.611. The molecule has 0 bridgehead atoms. The topological polar surface area (TPSA) is 42.0 Å². The zero-order chi connectivity index (χ0) is 16.7. The van der Waals surface area contributed by atoms with Crippen LogP contribution < -0.4 is 0 Å². The van der Waals surface area contributed by atoms with Gasteiger partial charge in [0.15, 0.2) is 0 Å². The van der Waals surface area contributed by atoms with Gasteiger partial charge < -0.3 is 19.3 Å². The third-order valence-electron chi connectivity index (χ3n) is 4.02. The lowest BCUT2D eigenvalue weighted by molar-refractivity contribution is -0.149. The monoisotopic (exact) mass is 320 g/mol. The molecule has 1 aliphatic heterocycles. The van der Waals surface area contributed by atoms with Crippen LogP contribution in [0.25, 0.3) is 0 Å². The highest BCUT2D eigenvalue weighted by molar-refractivity contribution is 5.77. The molecular weight excluding hydrogens is 292 g/mol. The summed E-state index contributed by atoms with van der Waals surface area (Å²) >= 11 is 0. The third-order valence-corrected chi connectivity index (χ3v) is 4.02. The molecule has 1 aliphatic rings. The lowest BCUT2D eigenvalue weighted by Crippen LogP contribution is -2.51. The molecule has 5 heteroatoms. The van der Waals surface area contributed by atoms with Crippen LogP contribution >= 0.6 is 0 Å². The minimum Gasteiger partial charge on any atom is -0.381 e. The Labute approximate surface area is 139 Å². The van der Waals surface area contributed by atoms with Gasteiger partial charge in [0.25, 0.3) is 0 Å². The molecule has 2 atom stereocenters. The van der Waals surface area contributed by atoms with Gasteiger partial charge in [0, 0.05) is 19.7 Å². The van der Waals surface area contributed by atoms with Crippen molar-refractivity contribution in [2.24, 2.45) is 0 Å². The average molecular weight is 320 g/mol. The Kier molecular flexibility index (Phi) is 7.02. The number of morpholine rings is 1. The summed E-state index contributed by atoms with van der Waals surface area (Å²) in [6.45, 7) is 5.07. The quantitative estimate of drug-likeness (QED) is 0.720. The first-order valence-electron chi connectivity index (χ1n) is 8.32. The predicted molar refractivity (Wildman–Crippen MR) is 90.3 cm³/mol. The van der Waals surface area contributed by atoms with Crippen LogP contribution in [0, 0.1) is 0 Å². The van der Waals surface area contributed by atoms with Gasteiger partial charge in [0.1, 0.15) is 0 Å². The Morgan fingerprint density at radius 2 is 2.09 bits per heavy atom. The molecule has 5 nitrogen and oxygen atoms in total. The van der Waals surface area contributed by atoms with Gasteiger partial charge in [-0.3, -0.25) is 4.79 Å². The molecule has 2 rings (SSSR count). The molecule has 1 aromatic rings. The number of nitrogens with zero attached hydrogens (tertiary/aromatic N) is 2. The Morgan fingerprint density at radius 3 is 2.74 bits per heavy atom. The average Bonchev–Trinajstić information content (AvgIpc) is 2.55. The van der Waals surface area contributed by atoms with Crippen LogP contribution in [0.1, 0.15) is 24.9 Å². The highest BCUT2D eigenvalue weighted by atomic mass is 16.5. The lowest BCUT2D eigenvalue weighted by atomic mass is 9.97. The van der Waals surface area contributed by atoms with Gasteiger partial charge in [-0.05, 0) is 26.6 Å². The molecule has 0 radical (unpaired) electrons. The molecule has 1 fully saturated rings. The van der Waals surface area contributed by atoms with E-state index in [1.165, 1.54) is 0 Å². The van der Waals surface area contributed by atoms with Gasteiger partial charge in [-0.1, -0.05) is 30.3 Å². The van der Waals surface area contributed by atoms with Gasteiger partial charge in [-0.25, -0.2) is 0 Å². The van der Waals surface area contributed by atoms with Gasteiger partial charge in [-0.2, -0.15) is 0 Å². The lowest BCUT2D eigenvalue weighted by Gasteiger charge is -2.42. The number of benzene rings is 1. The fourth-order valence-corrected chi connectivity index (χ4v) is 3.02. The maximum atomic E-state index is 12.7. The largest absolute Gasteiger partial charge is 0.381 e. The summed E-state index contributed by atoms with van der Waals surface area (Å²) in [6, 6.07) is 10.1. The zero-order valence-corrected chi connectivity index (χ0v) is 14.4. The Balaban J connectivity index is 2.18. The smallest absolute Gasteiger partial charge is 0.225 e. The molecule has 0 saturated carbocycles. The first kappa shape index (κ1) is 17.9. The zero-order valence-electron chi connectivity index (χ0n) is 14.4. The van der Waals surface area contributed by atoms with Crippen LogP contribution in [0.3, 0.4) is 0 Å². The molecule has 0 aromatic heterocycles. The molecule has 1 aromatic carbocycles. The van der Waals surface area contributed by atoms with Crippen LogP contribution in [0.15, 0.2) is 30.3 Å². The summed E-state index contributed by atoms with van der Waals surface area (Å²) in [5.74, 6) is 0.138. The highest BCUT2D eigenvalue weighted by Crippen LogP contribution is 2.30. The normalized spacial score (nSPS) is 21.7. The van der Waals surface area contributed by atoms with Crippen molar-refractivity contribution in [3.8, 4) is 0 Å². The number of hydrogen-bond donors (Lipinski definition) is 0. The molecule has 1 saturated heterocycles. The number of carbonyl (C=O) groups is 1. The summed E-state index contributed by atoms with van der Waals surface area (Å²) in [7, 11) is 4.06. The van der Waals surface area contributed by atoms with Crippen molar-refractivity contribution in [1.82, 2.24) is 9.80 Å². The van der Waals surface area contributed by atoms with Gasteiger partial charge in [-0.15, -0.1) is 0 Å². The van der Waals surface area contributed by atoms with Gasteiger partial charge in [0.2, 0.25) is 5.91 Å². The van der Waals surface area contributed by atoms with E-state index < -0.39 is 0 Å². The van der Waals surface area contributed by atoms with E-state index in [0.717, 1.165) is 12.1 Å². The Hall–Kier alpha value is -1.43. The van der Waals surface area contributed by atoms with Gasteiger partial charge >= 0.3 is 0 Å². The van der Waals surface area contributed by atoms with Crippen LogP contribution in [0.5, 0.6) is 0 Å². The minimum absolute atomic E-state index is 0.0165. The molecule has 1 amide bonds. The second kappa shape index (κ2) is 9.01. The molecular formula is C18H28N2O3. The van der Waals surface area contributed by atoms with E-state index in [0.29, 0.717) is 32.8 Å².